The van der Waals surface area contributed by atoms with Gasteiger partial charge in [-0.25, -0.2) is 0 Å². The quantitative estimate of drug-likeness (QED) is 0.558. The number of carboxylic acids is 1. The largest absolute Gasteiger partial charge is 0.545 e. The predicted octanol–water partition coefficient (Wildman–Crippen LogP) is 2.86. The number of para-hydroxylation sites is 1. The van der Waals surface area contributed by atoms with Crippen molar-refractivity contribution in [2.75, 3.05) is 5.32 Å². The van der Waals surface area contributed by atoms with E-state index in [1.165, 1.54) is 18.2 Å². The highest BCUT2D eigenvalue weighted by Gasteiger charge is 2.11. The standard InChI is InChI=1S/C21H14N2O4/c22-13-16(20(24)23-17-7-2-1-3-8-17)12-18-9-10-19(27-18)14-5-4-6-15(11-14)21(25)26/h1-12H,(H,23,24)(H,25,26)/p-1/b16-12+. The van der Waals surface area contributed by atoms with Gasteiger partial charge >= 0.3 is 0 Å². The first-order valence-corrected chi connectivity index (χ1v) is 7.96. The molecule has 1 N–H and O–H groups in total. The number of carbonyl (C=O) groups is 2. The number of furan rings is 1. The molecule has 0 fully saturated rings. The molecule has 0 aliphatic heterocycles. The van der Waals surface area contributed by atoms with Crippen LogP contribution in [0.5, 0.6) is 0 Å². The lowest BCUT2D eigenvalue weighted by atomic mass is 10.1. The number of carbonyl (C=O) groups excluding carboxylic acids is 2. The van der Waals surface area contributed by atoms with Gasteiger partial charge in [-0.15, -0.1) is 0 Å². The predicted molar refractivity (Wildman–Crippen MR) is 97.1 cm³/mol. The van der Waals surface area contributed by atoms with Crippen molar-refractivity contribution in [2.45, 2.75) is 0 Å². The zero-order valence-electron chi connectivity index (χ0n) is 14.0. The van der Waals surface area contributed by atoms with Crippen LogP contribution in [-0.4, -0.2) is 11.9 Å². The molecule has 1 aromatic heterocycles. The molecule has 6 heteroatoms. The van der Waals surface area contributed by atoms with Crippen LogP contribution in [0.4, 0.5) is 5.69 Å². The van der Waals surface area contributed by atoms with Gasteiger partial charge in [0.2, 0.25) is 0 Å². The average molecular weight is 357 g/mol. The molecule has 3 aromatic rings. The highest BCUT2D eigenvalue weighted by atomic mass is 16.4. The molecule has 0 bridgehead atoms. The van der Waals surface area contributed by atoms with E-state index in [0.717, 1.165) is 0 Å². The summed E-state index contributed by atoms with van der Waals surface area (Å²) in [6.07, 6.45) is 1.32. The van der Waals surface area contributed by atoms with Crippen LogP contribution in [0.2, 0.25) is 0 Å². The molecule has 6 nitrogen and oxygen atoms in total. The molecule has 3 rings (SSSR count). The smallest absolute Gasteiger partial charge is 0.266 e. The molecule has 0 unspecified atom stereocenters. The maximum Gasteiger partial charge on any atom is 0.266 e. The van der Waals surface area contributed by atoms with E-state index in [4.69, 9.17) is 4.42 Å². The fraction of sp³-hybridized carbons (Fsp3) is 0. The Morgan fingerprint density at radius 2 is 1.81 bits per heavy atom. The van der Waals surface area contributed by atoms with Crippen LogP contribution in [0, 0.1) is 11.3 Å². The van der Waals surface area contributed by atoms with Crippen molar-refractivity contribution < 1.29 is 19.1 Å². The summed E-state index contributed by atoms with van der Waals surface area (Å²) in [5, 5.41) is 22.9. The van der Waals surface area contributed by atoms with E-state index in [0.29, 0.717) is 22.8 Å². The number of anilines is 1. The summed E-state index contributed by atoms with van der Waals surface area (Å²) in [6.45, 7) is 0. The first-order chi connectivity index (χ1) is 13.1. The second-order valence-corrected chi connectivity index (χ2v) is 5.56. The van der Waals surface area contributed by atoms with E-state index in [2.05, 4.69) is 5.32 Å². The van der Waals surface area contributed by atoms with Gasteiger partial charge in [0, 0.05) is 17.3 Å². The minimum atomic E-state index is -1.28. The van der Waals surface area contributed by atoms with E-state index < -0.39 is 11.9 Å². The Hall–Kier alpha value is -4.11. The average Bonchev–Trinajstić information content (AvgIpc) is 3.15. The molecule has 0 aliphatic carbocycles. The van der Waals surface area contributed by atoms with Crippen molar-refractivity contribution in [3.63, 3.8) is 0 Å². The Morgan fingerprint density at radius 1 is 1.04 bits per heavy atom. The van der Waals surface area contributed by atoms with E-state index >= 15 is 0 Å². The molecule has 0 aliphatic rings. The molecular weight excluding hydrogens is 344 g/mol. The zero-order valence-corrected chi connectivity index (χ0v) is 14.0. The number of nitrogens with one attached hydrogen (secondary N) is 1. The molecule has 0 atom stereocenters. The van der Waals surface area contributed by atoms with Gasteiger partial charge in [0.15, 0.2) is 0 Å². The monoisotopic (exact) mass is 357 g/mol. The fourth-order valence-electron chi connectivity index (χ4n) is 2.40. The van der Waals surface area contributed by atoms with Crippen LogP contribution < -0.4 is 10.4 Å². The molecular formula is C21H13N2O4-. The van der Waals surface area contributed by atoms with Crippen LogP contribution >= 0.6 is 0 Å². The first-order valence-electron chi connectivity index (χ1n) is 7.96. The van der Waals surface area contributed by atoms with Crippen molar-refractivity contribution in [1.29, 1.82) is 5.26 Å². The molecule has 1 heterocycles. The number of nitriles is 1. The number of benzene rings is 2. The van der Waals surface area contributed by atoms with E-state index in [1.807, 2.05) is 12.1 Å². The van der Waals surface area contributed by atoms with Crippen LogP contribution in [0.25, 0.3) is 17.4 Å². The highest BCUT2D eigenvalue weighted by Crippen LogP contribution is 2.24. The summed E-state index contributed by atoms with van der Waals surface area (Å²) < 4.78 is 5.62. The van der Waals surface area contributed by atoms with Crippen molar-refractivity contribution in [1.82, 2.24) is 0 Å². The molecule has 0 saturated carbocycles. The highest BCUT2D eigenvalue weighted by molar-refractivity contribution is 6.09. The van der Waals surface area contributed by atoms with Crippen LogP contribution in [0.1, 0.15) is 16.1 Å². The lowest BCUT2D eigenvalue weighted by molar-refractivity contribution is -0.255. The van der Waals surface area contributed by atoms with Gasteiger partial charge in [0.05, 0.1) is 5.97 Å². The lowest BCUT2D eigenvalue weighted by Crippen LogP contribution is -2.22. The molecule has 0 spiro atoms. The van der Waals surface area contributed by atoms with E-state index in [1.54, 1.807) is 48.5 Å². The van der Waals surface area contributed by atoms with E-state index in [9.17, 15) is 20.0 Å². The normalized spacial score (nSPS) is 10.9. The number of carboxylic acid groups (broad SMARTS) is 1. The van der Waals surface area contributed by atoms with Crippen molar-refractivity contribution in [2.24, 2.45) is 0 Å². The van der Waals surface area contributed by atoms with Crippen LogP contribution in [0.3, 0.4) is 0 Å². The number of nitrogens with zero attached hydrogens (tertiary/aromatic N) is 1. The molecule has 2 aromatic carbocycles. The summed E-state index contributed by atoms with van der Waals surface area (Å²) >= 11 is 0. The number of amides is 1. The summed E-state index contributed by atoms with van der Waals surface area (Å²) in [6, 6.07) is 20.0. The minimum absolute atomic E-state index is 0.0287. The Labute approximate surface area is 155 Å². The topological polar surface area (TPSA) is 106 Å². The first kappa shape index (κ1) is 17.7. The number of rotatable bonds is 5. The van der Waals surface area contributed by atoms with Gasteiger partial charge in [0.1, 0.15) is 23.2 Å². The lowest BCUT2D eigenvalue weighted by Gasteiger charge is -2.04. The number of aromatic carboxylic acids is 1. The maximum atomic E-state index is 12.2. The molecule has 1 amide bonds. The molecule has 132 valence electrons. The van der Waals surface area contributed by atoms with Crippen molar-refractivity contribution in [3.8, 4) is 17.4 Å². The second-order valence-electron chi connectivity index (χ2n) is 5.56. The van der Waals surface area contributed by atoms with E-state index in [-0.39, 0.29) is 11.1 Å². The summed E-state index contributed by atoms with van der Waals surface area (Å²) in [5.41, 5.74) is 1.02. The molecule has 0 saturated heterocycles. The van der Waals surface area contributed by atoms with Gasteiger partial charge in [-0.05, 0) is 35.9 Å². The van der Waals surface area contributed by atoms with Gasteiger partial charge in [-0.1, -0.05) is 36.4 Å². The van der Waals surface area contributed by atoms with Crippen LogP contribution in [-0.2, 0) is 4.79 Å². The Bertz CT molecular complexity index is 1060. The fourth-order valence-corrected chi connectivity index (χ4v) is 2.40. The second kappa shape index (κ2) is 7.85. The summed E-state index contributed by atoms with van der Waals surface area (Å²) in [7, 11) is 0. The third-order valence-corrected chi connectivity index (χ3v) is 3.69. The third-order valence-electron chi connectivity index (χ3n) is 3.69. The Kier molecular flexibility index (Phi) is 5.15. The maximum absolute atomic E-state index is 12.2. The minimum Gasteiger partial charge on any atom is -0.545 e. The summed E-state index contributed by atoms with van der Waals surface area (Å²) in [5.74, 6) is -1.14. The Morgan fingerprint density at radius 3 is 2.52 bits per heavy atom. The van der Waals surface area contributed by atoms with Gasteiger partial charge in [-0.2, -0.15) is 5.26 Å². The molecule has 27 heavy (non-hydrogen) atoms. The number of hydrogen-bond acceptors (Lipinski definition) is 5. The molecule has 0 radical (unpaired) electrons. The summed E-state index contributed by atoms with van der Waals surface area (Å²) in [4.78, 5) is 23.2. The SMILES string of the molecule is N#C/C(=C\c1ccc(-c2cccc(C(=O)[O-])c2)o1)C(=O)Nc1ccccc1. The third kappa shape index (κ3) is 4.30. The Balaban J connectivity index is 1.82. The van der Waals surface area contributed by atoms with Crippen molar-refractivity contribution >= 4 is 23.6 Å². The van der Waals surface area contributed by atoms with Crippen LogP contribution in [0.15, 0.2) is 76.7 Å². The van der Waals surface area contributed by atoms with Crippen molar-refractivity contribution in [3.05, 3.63) is 83.6 Å². The number of hydrogen-bond donors (Lipinski definition) is 1. The zero-order chi connectivity index (χ0) is 19.2. The van der Waals surface area contributed by atoms with Gasteiger partial charge < -0.3 is 19.6 Å². The van der Waals surface area contributed by atoms with Gasteiger partial charge in [0.25, 0.3) is 5.91 Å². The van der Waals surface area contributed by atoms with Gasteiger partial charge in [-0.3, -0.25) is 4.79 Å².